The Morgan fingerprint density at radius 1 is 1.14 bits per heavy atom. The Bertz CT molecular complexity index is 621. The number of thiophene rings is 1. The van der Waals surface area contributed by atoms with E-state index in [1.54, 1.807) is 11.3 Å². The minimum Gasteiger partial charge on any atom is -0.481 e. The maximum absolute atomic E-state index is 11.9. The van der Waals surface area contributed by atoms with Crippen molar-refractivity contribution >= 4 is 33.3 Å². The average Bonchev–Trinajstić information content (AvgIpc) is 2.86. The van der Waals surface area contributed by atoms with Gasteiger partial charge in [-0.25, -0.2) is 0 Å². The fraction of sp³-hybridized carbons (Fsp3) is 0.375. The minimum atomic E-state index is -0.761. The number of carboxylic acid groups (broad SMARTS) is 1. The number of unbranched alkanes of at least 4 members (excludes halogenated alkanes) is 2. The van der Waals surface area contributed by atoms with Crippen LogP contribution in [0.1, 0.15) is 31.2 Å². The van der Waals surface area contributed by atoms with Gasteiger partial charge in [0, 0.05) is 17.7 Å². The van der Waals surface area contributed by atoms with Gasteiger partial charge in [0.1, 0.15) is 0 Å². The number of benzene rings is 1. The van der Waals surface area contributed by atoms with E-state index in [0.717, 1.165) is 23.8 Å². The van der Waals surface area contributed by atoms with Gasteiger partial charge in [0.15, 0.2) is 0 Å². The van der Waals surface area contributed by atoms with Crippen LogP contribution in [0, 0.1) is 0 Å². The van der Waals surface area contributed by atoms with E-state index in [-0.39, 0.29) is 12.3 Å². The number of hydrogen-bond donors (Lipinski definition) is 2. The second kappa shape index (κ2) is 7.78. The molecule has 1 amide bonds. The third kappa shape index (κ3) is 4.86. The lowest BCUT2D eigenvalue weighted by Crippen LogP contribution is -2.26. The molecule has 5 heteroatoms. The summed E-state index contributed by atoms with van der Waals surface area (Å²) < 4.78 is 1.20. The van der Waals surface area contributed by atoms with Crippen molar-refractivity contribution in [1.29, 1.82) is 0 Å². The van der Waals surface area contributed by atoms with Crippen molar-refractivity contribution in [2.75, 3.05) is 6.54 Å². The van der Waals surface area contributed by atoms with Crippen molar-refractivity contribution < 1.29 is 14.7 Å². The second-order valence-corrected chi connectivity index (χ2v) is 5.90. The molecule has 1 aromatic carbocycles. The molecular formula is C16H19NO3S. The first-order chi connectivity index (χ1) is 10.2. The second-order valence-electron chi connectivity index (χ2n) is 4.99. The van der Waals surface area contributed by atoms with Crippen LogP contribution in [0.5, 0.6) is 0 Å². The summed E-state index contributed by atoms with van der Waals surface area (Å²) in [4.78, 5) is 22.3. The van der Waals surface area contributed by atoms with E-state index in [1.807, 2.05) is 23.6 Å². The van der Waals surface area contributed by atoms with Gasteiger partial charge < -0.3 is 10.4 Å². The fourth-order valence-electron chi connectivity index (χ4n) is 2.21. The number of nitrogens with one attached hydrogen (secondary N) is 1. The topological polar surface area (TPSA) is 66.4 Å². The molecule has 0 saturated heterocycles. The molecule has 0 spiro atoms. The van der Waals surface area contributed by atoms with Crippen LogP contribution in [0.2, 0.25) is 0 Å². The zero-order valence-corrected chi connectivity index (χ0v) is 12.6. The van der Waals surface area contributed by atoms with Crippen molar-refractivity contribution in [2.24, 2.45) is 0 Å². The quantitative estimate of drug-likeness (QED) is 0.736. The monoisotopic (exact) mass is 305 g/mol. The highest BCUT2D eigenvalue weighted by Crippen LogP contribution is 2.25. The molecule has 0 fully saturated rings. The van der Waals surface area contributed by atoms with Gasteiger partial charge in [-0.3, -0.25) is 9.59 Å². The number of fused-ring (bicyclic) bond motifs is 1. The highest BCUT2D eigenvalue weighted by molar-refractivity contribution is 7.17. The van der Waals surface area contributed by atoms with Crippen molar-refractivity contribution in [2.45, 2.75) is 32.1 Å². The zero-order valence-electron chi connectivity index (χ0n) is 11.8. The van der Waals surface area contributed by atoms with Crippen LogP contribution in [-0.2, 0) is 16.0 Å². The molecule has 0 saturated carbocycles. The van der Waals surface area contributed by atoms with Crippen molar-refractivity contribution in [3.05, 3.63) is 35.2 Å². The van der Waals surface area contributed by atoms with E-state index in [4.69, 9.17) is 5.11 Å². The highest BCUT2D eigenvalue weighted by atomic mass is 32.1. The van der Waals surface area contributed by atoms with Gasteiger partial charge in [-0.05, 0) is 35.2 Å². The molecule has 0 aliphatic rings. The van der Waals surface area contributed by atoms with E-state index < -0.39 is 5.97 Å². The van der Waals surface area contributed by atoms with E-state index in [0.29, 0.717) is 19.4 Å². The molecule has 112 valence electrons. The number of hydrogen-bond acceptors (Lipinski definition) is 3. The number of aliphatic carboxylic acids is 1. The van der Waals surface area contributed by atoms with E-state index in [1.165, 1.54) is 4.70 Å². The highest BCUT2D eigenvalue weighted by Gasteiger charge is 2.08. The molecule has 2 N–H and O–H groups in total. The Labute approximate surface area is 127 Å². The van der Waals surface area contributed by atoms with Crippen LogP contribution in [-0.4, -0.2) is 23.5 Å². The largest absolute Gasteiger partial charge is 0.481 e. The number of carboxylic acids is 1. The smallest absolute Gasteiger partial charge is 0.303 e. The summed E-state index contributed by atoms with van der Waals surface area (Å²) in [6, 6.07) is 8.09. The molecule has 21 heavy (non-hydrogen) atoms. The standard InChI is InChI=1S/C16H19NO3S/c18-15(17-9-5-1-2-8-16(19)20)10-12-11-21-14-7-4-3-6-13(12)14/h3-4,6-7,11H,1-2,5,8-10H2,(H,17,18)(H,19,20). The zero-order chi connectivity index (χ0) is 15.1. The Morgan fingerprint density at radius 2 is 1.95 bits per heavy atom. The summed E-state index contributed by atoms with van der Waals surface area (Å²) in [6.07, 6.45) is 2.92. The molecule has 2 aromatic rings. The van der Waals surface area contributed by atoms with E-state index >= 15 is 0 Å². The van der Waals surface area contributed by atoms with E-state index in [9.17, 15) is 9.59 Å². The number of carbonyl (C=O) groups is 2. The van der Waals surface area contributed by atoms with E-state index in [2.05, 4.69) is 11.4 Å². The first kappa shape index (κ1) is 15.5. The van der Waals surface area contributed by atoms with Crippen LogP contribution in [0.25, 0.3) is 10.1 Å². The first-order valence-corrected chi connectivity index (χ1v) is 7.98. The molecule has 0 bridgehead atoms. The maximum atomic E-state index is 11.9. The van der Waals surface area contributed by atoms with Crippen LogP contribution < -0.4 is 5.32 Å². The minimum absolute atomic E-state index is 0.0248. The van der Waals surface area contributed by atoms with Crippen LogP contribution >= 0.6 is 11.3 Å². The molecule has 4 nitrogen and oxygen atoms in total. The van der Waals surface area contributed by atoms with Crippen molar-refractivity contribution in [1.82, 2.24) is 5.32 Å². The predicted molar refractivity (Wildman–Crippen MR) is 84.6 cm³/mol. The van der Waals surface area contributed by atoms with Crippen LogP contribution in [0.15, 0.2) is 29.6 Å². The van der Waals surface area contributed by atoms with Gasteiger partial charge in [0.25, 0.3) is 0 Å². The number of rotatable bonds is 8. The maximum Gasteiger partial charge on any atom is 0.303 e. The summed E-state index contributed by atoms with van der Waals surface area (Å²) in [7, 11) is 0. The van der Waals surface area contributed by atoms with Gasteiger partial charge in [0.05, 0.1) is 6.42 Å². The lowest BCUT2D eigenvalue weighted by Gasteiger charge is -2.04. The lowest BCUT2D eigenvalue weighted by molar-refractivity contribution is -0.137. The summed E-state index contributed by atoms with van der Waals surface area (Å²) in [5, 5.41) is 14.6. The Hall–Kier alpha value is -1.88. The fourth-order valence-corrected chi connectivity index (χ4v) is 3.17. The third-order valence-electron chi connectivity index (χ3n) is 3.30. The van der Waals surface area contributed by atoms with Gasteiger partial charge in [-0.2, -0.15) is 0 Å². The van der Waals surface area contributed by atoms with Crippen LogP contribution in [0.3, 0.4) is 0 Å². The molecule has 0 radical (unpaired) electrons. The van der Waals surface area contributed by atoms with Gasteiger partial charge in [-0.1, -0.05) is 24.6 Å². The van der Waals surface area contributed by atoms with Crippen molar-refractivity contribution in [3.8, 4) is 0 Å². The number of amides is 1. The molecular weight excluding hydrogens is 286 g/mol. The Morgan fingerprint density at radius 3 is 2.76 bits per heavy atom. The summed E-state index contributed by atoms with van der Waals surface area (Å²) >= 11 is 1.66. The molecule has 0 aliphatic carbocycles. The summed E-state index contributed by atoms with van der Waals surface area (Å²) in [5.74, 6) is -0.736. The first-order valence-electron chi connectivity index (χ1n) is 7.10. The SMILES string of the molecule is O=C(O)CCCCCNC(=O)Cc1csc2ccccc12. The lowest BCUT2D eigenvalue weighted by atomic mass is 10.1. The summed E-state index contributed by atoms with van der Waals surface area (Å²) in [5.41, 5.74) is 1.07. The Kier molecular flexibility index (Phi) is 5.75. The number of carbonyl (C=O) groups excluding carboxylic acids is 1. The molecule has 0 atom stereocenters. The van der Waals surface area contributed by atoms with Gasteiger partial charge >= 0.3 is 5.97 Å². The average molecular weight is 305 g/mol. The van der Waals surface area contributed by atoms with Crippen molar-refractivity contribution in [3.63, 3.8) is 0 Å². The Balaban J connectivity index is 1.71. The molecule has 1 aromatic heterocycles. The van der Waals surface area contributed by atoms with Crippen LogP contribution in [0.4, 0.5) is 0 Å². The molecule has 0 unspecified atom stereocenters. The summed E-state index contributed by atoms with van der Waals surface area (Å²) in [6.45, 7) is 0.612. The molecule has 2 rings (SSSR count). The normalized spacial score (nSPS) is 10.7. The molecule has 0 aliphatic heterocycles. The third-order valence-corrected chi connectivity index (χ3v) is 4.31. The molecule has 1 heterocycles. The predicted octanol–water partition coefficient (Wildman–Crippen LogP) is 3.21. The van der Waals surface area contributed by atoms with Gasteiger partial charge in [-0.15, -0.1) is 11.3 Å². The van der Waals surface area contributed by atoms with Gasteiger partial charge in [0.2, 0.25) is 5.91 Å².